The van der Waals surface area contributed by atoms with Gasteiger partial charge in [-0.1, -0.05) is 34.9 Å². The Bertz CT molecular complexity index is 792. The second kappa shape index (κ2) is 7.09. The molecule has 0 spiro atoms. The van der Waals surface area contributed by atoms with Crippen molar-refractivity contribution in [1.29, 1.82) is 0 Å². The van der Waals surface area contributed by atoms with Crippen LogP contribution in [0.1, 0.15) is 17.0 Å². The predicted octanol–water partition coefficient (Wildman–Crippen LogP) is 4.51. The molecule has 2 rings (SSSR count). The van der Waals surface area contributed by atoms with Crippen molar-refractivity contribution in [3.63, 3.8) is 0 Å². The topological polar surface area (TPSA) is 86.1 Å². The number of benzene rings is 2. The average molecular weight is 338 g/mol. The predicted molar refractivity (Wildman–Crippen MR) is 80.2 cm³/mol. The number of rotatable bonds is 5. The molecular weight excluding hydrogens is 328 g/mol. The summed E-state index contributed by atoms with van der Waals surface area (Å²) >= 11 is 5.63. The number of nitrogens with zero attached hydrogens (tertiary/aromatic N) is 3. The molecule has 1 N–H and O–H groups in total. The number of azide groups is 1. The van der Waals surface area contributed by atoms with Gasteiger partial charge in [-0.25, -0.2) is 8.78 Å². The first-order valence-corrected chi connectivity index (χ1v) is 6.79. The molecule has 0 aliphatic heterocycles. The molecule has 0 fully saturated rings. The highest BCUT2D eigenvalue weighted by Crippen LogP contribution is 2.32. The molecule has 0 radical (unpaired) electrons. The smallest absolute Gasteiger partial charge is 0.313 e. The third-order valence-corrected chi connectivity index (χ3v) is 3.56. The van der Waals surface area contributed by atoms with Gasteiger partial charge in [0.2, 0.25) is 0 Å². The molecule has 2 aromatic rings. The van der Waals surface area contributed by atoms with Crippen molar-refractivity contribution < 1.29 is 18.7 Å². The van der Waals surface area contributed by atoms with Gasteiger partial charge in [-0.3, -0.25) is 4.79 Å². The molecule has 118 valence electrons. The maximum absolute atomic E-state index is 13.7. The van der Waals surface area contributed by atoms with Crippen LogP contribution in [0.4, 0.5) is 8.78 Å². The van der Waals surface area contributed by atoms with E-state index in [1.54, 1.807) is 0 Å². The van der Waals surface area contributed by atoms with Crippen LogP contribution in [0.25, 0.3) is 10.4 Å². The van der Waals surface area contributed by atoms with Gasteiger partial charge in [0.1, 0.15) is 17.7 Å². The van der Waals surface area contributed by atoms with Crippen LogP contribution in [-0.2, 0) is 4.79 Å². The lowest BCUT2D eigenvalue weighted by Crippen LogP contribution is -2.27. The van der Waals surface area contributed by atoms with Crippen molar-refractivity contribution in [3.8, 4) is 0 Å². The summed E-state index contributed by atoms with van der Waals surface area (Å²) < 4.78 is 27.2. The number of carboxylic acids is 1. The van der Waals surface area contributed by atoms with E-state index < -0.39 is 29.6 Å². The molecule has 0 amide bonds. The zero-order valence-corrected chi connectivity index (χ0v) is 12.3. The lowest BCUT2D eigenvalue weighted by atomic mass is 9.85. The molecule has 0 saturated heterocycles. The van der Waals surface area contributed by atoms with E-state index in [-0.39, 0.29) is 16.1 Å². The molecule has 0 aromatic heterocycles. The molecule has 8 heteroatoms. The van der Waals surface area contributed by atoms with E-state index in [1.807, 2.05) is 0 Å². The van der Waals surface area contributed by atoms with E-state index in [1.165, 1.54) is 30.3 Å². The van der Waals surface area contributed by atoms with Crippen LogP contribution in [-0.4, -0.2) is 17.1 Å². The molecule has 0 aliphatic rings. The Morgan fingerprint density at radius 2 is 1.91 bits per heavy atom. The molecule has 2 aromatic carbocycles. The Balaban J connectivity index is 2.65. The van der Waals surface area contributed by atoms with Gasteiger partial charge in [0.05, 0.1) is 5.02 Å². The number of halogens is 3. The largest absolute Gasteiger partial charge is 0.481 e. The summed E-state index contributed by atoms with van der Waals surface area (Å²) in [7, 11) is 0. The third kappa shape index (κ3) is 3.77. The first-order chi connectivity index (χ1) is 10.9. The van der Waals surface area contributed by atoms with E-state index in [4.69, 9.17) is 17.1 Å². The van der Waals surface area contributed by atoms with Gasteiger partial charge in [-0.15, -0.1) is 0 Å². The monoisotopic (exact) mass is 337 g/mol. The standard InChI is InChI=1S/C15H10ClF2N3O2/c16-11-5-4-9(7-12(11)18)13(14(15(22)23)20-21-19)8-2-1-3-10(17)6-8/h1-7,13-14H,(H,22,23). The van der Waals surface area contributed by atoms with Crippen LogP contribution in [0.5, 0.6) is 0 Å². The molecule has 5 nitrogen and oxygen atoms in total. The summed E-state index contributed by atoms with van der Waals surface area (Å²) in [6.07, 6.45) is 0. The third-order valence-electron chi connectivity index (χ3n) is 3.26. The maximum atomic E-state index is 13.7. The SMILES string of the molecule is [N-]=[N+]=NC(C(=O)O)C(c1cccc(F)c1)c1ccc(Cl)c(F)c1. The van der Waals surface area contributed by atoms with Crippen molar-refractivity contribution in [3.05, 3.63) is 80.7 Å². The minimum absolute atomic E-state index is 0.137. The maximum Gasteiger partial charge on any atom is 0.313 e. The molecule has 2 unspecified atom stereocenters. The molecule has 0 heterocycles. The minimum Gasteiger partial charge on any atom is -0.481 e. The zero-order valence-electron chi connectivity index (χ0n) is 11.5. The second-order valence-electron chi connectivity index (χ2n) is 4.69. The van der Waals surface area contributed by atoms with E-state index in [2.05, 4.69) is 10.0 Å². The van der Waals surface area contributed by atoms with Crippen LogP contribution in [0.3, 0.4) is 0 Å². The van der Waals surface area contributed by atoms with Gasteiger partial charge in [-0.05, 0) is 40.9 Å². The van der Waals surface area contributed by atoms with E-state index in [0.29, 0.717) is 0 Å². The first-order valence-electron chi connectivity index (χ1n) is 6.41. The zero-order chi connectivity index (χ0) is 17.0. The molecule has 0 bridgehead atoms. The van der Waals surface area contributed by atoms with Gasteiger partial charge in [0, 0.05) is 10.8 Å². The van der Waals surface area contributed by atoms with Gasteiger partial charge in [0.25, 0.3) is 0 Å². The number of carboxylic acid groups (broad SMARTS) is 1. The Kier molecular flexibility index (Phi) is 5.16. The normalized spacial score (nSPS) is 13.0. The Morgan fingerprint density at radius 1 is 1.22 bits per heavy atom. The van der Waals surface area contributed by atoms with E-state index >= 15 is 0 Å². The van der Waals surface area contributed by atoms with E-state index in [9.17, 15) is 18.7 Å². The molecular formula is C15H10ClF2N3O2. The highest BCUT2D eigenvalue weighted by Gasteiger charge is 2.31. The highest BCUT2D eigenvalue weighted by atomic mass is 35.5. The highest BCUT2D eigenvalue weighted by molar-refractivity contribution is 6.30. The molecule has 2 atom stereocenters. The van der Waals surface area contributed by atoms with Gasteiger partial charge >= 0.3 is 5.97 Å². The summed E-state index contributed by atoms with van der Waals surface area (Å²) in [5, 5.41) is 12.4. The lowest BCUT2D eigenvalue weighted by Gasteiger charge is -2.22. The number of hydrogen-bond donors (Lipinski definition) is 1. The Labute approximate surface area is 134 Å². The fourth-order valence-electron chi connectivity index (χ4n) is 2.28. The summed E-state index contributed by atoms with van der Waals surface area (Å²) in [5.41, 5.74) is 9.06. The summed E-state index contributed by atoms with van der Waals surface area (Å²) in [5.74, 6) is -3.82. The summed E-state index contributed by atoms with van der Waals surface area (Å²) in [4.78, 5) is 14.0. The number of carbonyl (C=O) groups is 1. The average Bonchev–Trinajstić information content (AvgIpc) is 2.50. The fraction of sp³-hybridized carbons (Fsp3) is 0.133. The molecule has 0 saturated carbocycles. The minimum atomic E-state index is -1.57. The van der Waals surface area contributed by atoms with Crippen molar-refractivity contribution in [2.75, 3.05) is 0 Å². The van der Waals surface area contributed by atoms with Crippen LogP contribution < -0.4 is 0 Å². The van der Waals surface area contributed by atoms with Gasteiger partial charge in [0.15, 0.2) is 0 Å². The summed E-state index contributed by atoms with van der Waals surface area (Å²) in [6.45, 7) is 0. The number of aliphatic carboxylic acids is 1. The first kappa shape index (κ1) is 16.7. The second-order valence-corrected chi connectivity index (χ2v) is 5.10. The molecule has 23 heavy (non-hydrogen) atoms. The van der Waals surface area contributed by atoms with Gasteiger partial charge in [-0.2, -0.15) is 0 Å². The van der Waals surface area contributed by atoms with Crippen LogP contribution >= 0.6 is 11.6 Å². The number of hydrogen-bond acceptors (Lipinski definition) is 2. The molecule has 0 aliphatic carbocycles. The van der Waals surface area contributed by atoms with Gasteiger partial charge < -0.3 is 5.11 Å². The quantitative estimate of drug-likeness (QED) is 0.494. The fourth-order valence-corrected chi connectivity index (χ4v) is 2.39. The summed E-state index contributed by atoms with van der Waals surface area (Å²) in [6, 6.07) is 7.30. The lowest BCUT2D eigenvalue weighted by molar-refractivity contribution is -0.138. The van der Waals surface area contributed by atoms with Crippen LogP contribution in [0, 0.1) is 11.6 Å². The van der Waals surface area contributed by atoms with Crippen molar-refractivity contribution in [2.45, 2.75) is 12.0 Å². The van der Waals surface area contributed by atoms with Crippen molar-refractivity contribution in [1.82, 2.24) is 0 Å². The van der Waals surface area contributed by atoms with Crippen LogP contribution in [0.2, 0.25) is 5.02 Å². The van der Waals surface area contributed by atoms with E-state index in [0.717, 1.165) is 12.1 Å². The van der Waals surface area contributed by atoms with Crippen LogP contribution in [0.15, 0.2) is 47.6 Å². The Morgan fingerprint density at radius 3 is 2.48 bits per heavy atom. The van der Waals surface area contributed by atoms with Crippen molar-refractivity contribution >= 4 is 17.6 Å². The van der Waals surface area contributed by atoms with Crippen molar-refractivity contribution in [2.24, 2.45) is 5.11 Å². The Hall–Kier alpha value is -2.63.